The molecule has 0 atom stereocenters. The quantitative estimate of drug-likeness (QED) is 0.944. The van der Waals surface area contributed by atoms with E-state index < -0.39 is 10.0 Å². The van der Waals surface area contributed by atoms with E-state index in [9.17, 15) is 8.42 Å². The molecule has 0 bridgehead atoms. The largest absolute Gasteiger partial charge is 0.363 e. The molecule has 0 unspecified atom stereocenters. The Balaban J connectivity index is 2.38. The topological polar surface area (TPSA) is 72.2 Å². The lowest BCUT2D eigenvalue weighted by atomic mass is 10.4. The molecule has 0 fully saturated rings. The summed E-state index contributed by atoms with van der Waals surface area (Å²) in [4.78, 5) is -0.0435. The summed E-state index contributed by atoms with van der Waals surface area (Å²) >= 11 is 11.5. The van der Waals surface area contributed by atoms with Crippen LogP contribution in [0.25, 0.3) is 0 Å². The summed E-state index contributed by atoms with van der Waals surface area (Å²) in [5, 5.41) is 3.91. The van der Waals surface area contributed by atoms with Crippen LogP contribution in [-0.2, 0) is 10.0 Å². The summed E-state index contributed by atoms with van der Waals surface area (Å²) in [6, 6.07) is 5.40. The predicted octanol–water partition coefficient (Wildman–Crippen LogP) is 2.78. The highest BCUT2D eigenvalue weighted by Crippen LogP contribution is 2.23. The minimum atomic E-state index is -3.77. The molecule has 1 aromatic heterocycles. The molecular formula is C9H6Cl2N2O3S. The molecule has 0 aliphatic rings. The maximum absolute atomic E-state index is 11.9. The average Bonchev–Trinajstić information content (AvgIpc) is 2.68. The smallest absolute Gasteiger partial charge is 0.263 e. The van der Waals surface area contributed by atoms with Crippen LogP contribution in [0.3, 0.4) is 0 Å². The Morgan fingerprint density at radius 2 is 1.82 bits per heavy atom. The van der Waals surface area contributed by atoms with Crippen molar-refractivity contribution in [1.82, 2.24) is 5.16 Å². The number of nitrogens with one attached hydrogen (secondary N) is 1. The molecule has 1 aromatic carbocycles. The van der Waals surface area contributed by atoms with Crippen LogP contribution in [0.2, 0.25) is 10.0 Å². The number of rotatable bonds is 3. The van der Waals surface area contributed by atoms with E-state index in [4.69, 9.17) is 23.2 Å². The molecule has 17 heavy (non-hydrogen) atoms. The molecule has 0 aliphatic carbocycles. The van der Waals surface area contributed by atoms with E-state index in [0.29, 0.717) is 0 Å². The highest BCUT2D eigenvalue weighted by atomic mass is 35.5. The van der Waals surface area contributed by atoms with Gasteiger partial charge in [-0.2, -0.15) is 0 Å². The predicted molar refractivity (Wildman–Crippen MR) is 63.8 cm³/mol. The number of hydrogen-bond acceptors (Lipinski definition) is 4. The summed E-state index contributed by atoms with van der Waals surface area (Å²) < 4.78 is 30.5. The van der Waals surface area contributed by atoms with Crippen molar-refractivity contribution in [3.05, 3.63) is 40.6 Å². The first-order valence-corrected chi connectivity index (χ1v) is 6.60. The monoisotopic (exact) mass is 292 g/mol. The van der Waals surface area contributed by atoms with Gasteiger partial charge in [0, 0.05) is 16.1 Å². The molecule has 0 spiro atoms. The fourth-order valence-corrected chi connectivity index (χ4v) is 2.86. The van der Waals surface area contributed by atoms with Crippen molar-refractivity contribution in [1.29, 1.82) is 0 Å². The molecule has 90 valence electrons. The van der Waals surface area contributed by atoms with E-state index in [1.165, 1.54) is 30.5 Å². The third-order valence-electron chi connectivity index (χ3n) is 1.82. The van der Waals surface area contributed by atoms with Gasteiger partial charge in [-0.15, -0.1) is 0 Å². The van der Waals surface area contributed by atoms with Crippen LogP contribution in [0.4, 0.5) is 5.82 Å². The van der Waals surface area contributed by atoms with Gasteiger partial charge in [0.05, 0.1) is 4.90 Å². The molecule has 0 radical (unpaired) electrons. The molecule has 2 aromatic rings. The van der Waals surface area contributed by atoms with E-state index in [2.05, 4.69) is 14.4 Å². The number of sulfonamides is 1. The van der Waals surface area contributed by atoms with E-state index in [0.717, 1.165) is 0 Å². The highest BCUT2D eigenvalue weighted by Gasteiger charge is 2.16. The lowest BCUT2D eigenvalue weighted by Crippen LogP contribution is -2.13. The van der Waals surface area contributed by atoms with Crippen molar-refractivity contribution >= 4 is 39.0 Å². The average molecular weight is 293 g/mol. The van der Waals surface area contributed by atoms with Crippen LogP contribution in [0.1, 0.15) is 0 Å². The number of aromatic nitrogens is 1. The van der Waals surface area contributed by atoms with Gasteiger partial charge in [0.1, 0.15) is 6.26 Å². The van der Waals surface area contributed by atoms with Crippen LogP contribution >= 0.6 is 23.2 Å². The molecule has 8 heteroatoms. The zero-order chi connectivity index (χ0) is 12.5. The summed E-state index contributed by atoms with van der Waals surface area (Å²) in [5.74, 6) is 0.0843. The fraction of sp³-hybridized carbons (Fsp3) is 0. The Labute approximate surface area is 107 Å². The van der Waals surface area contributed by atoms with Crippen LogP contribution in [0.5, 0.6) is 0 Å². The van der Waals surface area contributed by atoms with Crippen LogP contribution in [0, 0.1) is 0 Å². The van der Waals surface area contributed by atoms with Crippen molar-refractivity contribution in [2.75, 3.05) is 4.72 Å². The lowest BCUT2D eigenvalue weighted by molar-refractivity contribution is 0.423. The second-order valence-electron chi connectivity index (χ2n) is 3.10. The normalized spacial score (nSPS) is 11.4. The van der Waals surface area contributed by atoms with Gasteiger partial charge in [-0.05, 0) is 18.2 Å². The van der Waals surface area contributed by atoms with Gasteiger partial charge in [0.25, 0.3) is 10.0 Å². The molecule has 0 saturated heterocycles. The minimum Gasteiger partial charge on any atom is -0.363 e. The molecular weight excluding hydrogens is 287 g/mol. The molecule has 2 rings (SSSR count). The highest BCUT2D eigenvalue weighted by molar-refractivity contribution is 7.92. The molecule has 5 nitrogen and oxygen atoms in total. The Hall–Kier alpha value is -1.24. The van der Waals surface area contributed by atoms with E-state index in [-0.39, 0.29) is 20.8 Å². The maximum atomic E-state index is 11.9. The lowest BCUT2D eigenvalue weighted by Gasteiger charge is -2.05. The third-order valence-corrected chi connectivity index (χ3v) is 3.59. The number of halogens is 2. The number of benzene rings is 1. The molecule has 1 heterocycles. The van der Waals surface area contributed by atoms with Crippen molar-refractivity contribution in [3.63, 3.8) is 0 Å². The number of hydrogen-bond donors (Lipinski definition) is 1. The van der Waals surface area contributed by atoms with Gasteiger partial charge in [-0.25, -0.2) is 8.42 Å². The standard InChI is InChI=1S/C9H6Cl2N2O3S/c10-6-3-7(11)5-8(4-6)17(14,15)13-9-1-2-16-12-9/h1-5H,(H,12,13). The van der Waals surface area contributed by atoms with Crippen molar-refractivity contribution < 1.29 is 12.9 Å². The SMILES string of the molecule is O=S(=O)(Nc1ccon1)c1cc(Cl)cc(Cl)c1. The van der Waals surface area contributed by atoms with Gasteiger partial charge in [-0.1, -0.05) is 28.4 Å². The summed E-state index contributed by atoms with van der Waals surface area (Å²) in [7, 11) is -3.77. The van der Waals surface area contributed by atoms with Gasteiger partial charge in [0.2, 0.25) is 0 Å². The molecule has 0 amide bonds. The Kier molecular flexibility index (Phi) is 3.28. The van der Waals surface area contributed by atoms with Crippen LogP contribution < -0.4 is 4.72 Å². The first kappa shape index (κ1) is 12.2. The molecule has 0 saturated carbocycles. The Bertz CT molecular complexity index is 605. The molecule has 1 N–H and O–H groups in total. The van der Waals surface area contributed by atoms with Crippen molar-refractivity contribution in [3.8, 4) is 0 Å². The maximum Gasteiger partial charge on any atom is 0.263 e. The van der Waals surface area contributed by atoms with Gasteiger partial charge in [0.15, 0.2) is 5.82 Å². The van der Waals surface area contributed by atoms with Gasteiger partial charge >= 0.3 is 0 Å². The summed E-state index contributed by atoms with van der Waals surface area (Å²) in [6.45, 7) is 0. The minimum absolute atomic E-state index is 0.0435. The van der Waals surface area contributed by atoms with Crippen LogP contribution in [0.15, 0.2) is 39.9 Å². The second kappa shape index (κ2) is 4.56. The van der Waals surface area contributed by atoms with E-state index in [1.807, 2.05) is 0 Å². The molecule has 0 aliphatic heterocycles. The van der Waals surface area contributed by atoms with Gasteiger partial charge in [-0.3, -0.25) is 4.72 Å². The zero-order valence-corrected chi connectivity index (χ0v) is 10.6. The van der Waals surface area contributed by atoms with Gasteiger partial charge < -0.3 is 4.52 Å². The van der Waals surface area contributed by atoms with Crippen molar-refractivity contribution in [2.45, 2.75) is 4.90 Å². The Morgan fingerprint density at radius 3 is 2.35 bits per heavy atom. The van der Waals surface area contributed by atoms with Crippen molar-refractivity contribution in [2.24, 2.45) is 0 Å². The number of anilines is 1. The zero-order valence-electron chi connectivity index (χ0n) is 8.22. The summed E-state index contributed by atoms with van der Waals surface area (Å²) in [5.41, 5.74) is 0. The first-order valence-electron chi connectivity index (χ1n) is 4.37. The van der Waals surface area contributed by atoms with E-state index >= 15 is 0 Å². The van der Waals surface area contributed by atoms with Crippen LogP contribution in [-0.4, -0.2) is 13.6 Å². The summed E-state index contributed by atoms with van der Waals surface area (Å²) in [6.07, 6.45) is 1.25. The fourth-order valence-electron chi connectivity index (χ4n) is 1.15. The van der Waals surface area contributed by atoms with E-state index in [1.54, 1.807) is 0 Å². The third kappa shape index (κ3) is 2.91. The Morgan fingerprint density at radius 1 is 1.18 bits per heavy atom. The number of nitrogens with zero attached hydrogens (tertiary/aromatic N) is 1. The second-order valence-corrected chi connectivity index (χ2v) is 5.65. The first-order chi connectivity index (χ1) is 7.97.